The number of cyclic esters (lactones) is 1. The first-order chi connectivity index (χ1) is 16.4. The molecular formula is C26H15Cl2NO4S. The van der Waals surface area contributed by atoms with E-state index in [0.717, 1.165) is 15.6 Å². The molecule has 0 aliphatic carbocycles. The molecule has 0 unspecified atom stereocenters. The first-order valence-corrected chi connectivity index (χ1v) is 11.7. The van der Waals surface area contributed by atoms with Gasteiger partial charge in [-0.05, 0) is 43.3 Å². The van der Waals surface area contributed by atoms with Crippen molar-refractivity contribution in [1.82, 2.24) is 0 Å². The van der Waals surface area contributed by atoms with Gasteiger partial charge in [0.1, 0.15) is 10.6 Å². The van der Waals surface area contributed by atoms with Gasteiger partial charge in [0.05, 0.1) is 10.6 Å². The molecule has 1 aromatic heterocycles. The lowest BCUT2D eigenvalue weighted by molar-refractivity contribution is -0.129. The highest BCUT2D eigenvalue weighted by atomic mass is 35.5. The van der Waals surface area contributed by atoms with Crippen LogP contribution in [0.5, 0.6) is 5.75 Å². The number of benzene rings is 3. The first kappa shape index (κ1) is 22.3. The minimum absolute atomic E-state index is 0.0700. The van der Waals surface area contributed by atoms with Crippen LogP contribution >= 0.6 is 34.5 Å². The number of ether oxygens (including phenoxy) is 2. The van der Waals surface area contributed by atoms with Gasteiger partial charge in [-0.15, -0.1) is 11.3 Å². The number of hydrogen-bond acceptors (Lipinski definition) is 6. The number of rotatable bonds is 4. The number of carbonyl (C=O) groups excluding carboxylic acids is 2. The van der Waals surface area contributed by atoms with Gasteiger partial charge in [-0.1, -0.05) is 65.2 Å². The monoisotopic (exact) mass is 507 g/mol. The Morgan fingerprint density at radius 2 is 1.88 bits per heavy atom. The van der Waals surface area contributed by atoms with E-state index in [1.165, 1.54) is 17.4 Å². The van der Waals surface area contributed by atoms with E-state index < -0.39 is 11.9 Å². The van der Waals surface area contributed by atoms with E-state index in [9.17, 15) is 9.59 Å². The van der Waals surface area contributed by atoms with Crippen LogP contribution in [0.25, 0.3) is 16.2 Å². The van der Waals surface area contributed by atoms with E-state index in [0.29, 0.717) is 31.8 Å². The van der Waals surface area contributed by atoms with Crippen LogP contribution < -0.4 is 4.74 Å². The first-order valence-electron chi connectivity index (χ1n) is 10.2. The fourth-order valence-electron chi connectivity index (χ4n) is 3.45. The van der Waals surface area contributed by atoms with Crippen molar-refractivity contribution < 1.29 is 19.1 Å². The lowest BCUT2D eigenvalue weighted by atomic mass is 10.1. The number of halogens is 2. The Kier molecular flexibility index (Phi) is 5.96. The maximum absolute atomic E-state index is 12.6. The molecule has 0 amide bonds. The van der Waals surface area contributed by atoms with Crippen LogP contribution in [-0.2, 0) is 9.53 Å². The number of aryl methyl sites for hydroxylation is 1. The average molecular weight is 508 g/mol. The second-order valence-corrected chi connectivity index (χ2v) is 9.39. The third kappa shape index (κ3) is 4.35. The minimum atomic E-state index is -0.624. The van der Waals surface area contributed by atoms with Crippen molar-refractivity contribution in [2.75, 3.05) is 0 Å². The van der Waals surface area contributed by atoms with Gasteiger partial charge in [-0.2, -0.15) is 0 Å². The summed E-state index contributed by atoms with van der Waals surface area (Å²) in [5.41, 5.74) is 1.96. The topological polar surface area (TPSA) is 65.0 Å². The van der Waals surface area contributed by atoms with Crippen molar-refractivity contribution in [1.29, 1.82) is 0 Å². The van der Waals surface area contributed by atoms with Crippen LogP contribution in [0, 0.1) is 6.92 Å². The number of aliphatic imine (C=N–C) groups is 1. The highest BCUT2D eigenvalue weighted by molar-refractivity contribution is 7.21. The number of carbonyl (C=O) groups is 2. The lowest BCUT2D eigenvalue weighted by Crippen LogP contribution is -2.09. The van der Waals surface area contributed by atoms with Crippen LogP contribution in [0.2, 0.25) is 10.0 Å². The average Bonchev–Trinajstić information content (AvgIpc) is 3.34. The van der Waals surface area contributed by atoms with Gasteiger partial charge in [0, 0.05) is 20.7 Å². The summed E-state index contributed by atoms with van der Waals surface area (Å²) in [7, 11) is 0. The normalized spacial score (nSPS) is 14.4. The number of fused-ring (bicyclic) bond motifs is 1. The number of nitrogens with zero attached hydrogens (tertiary/aromatic N) is 1. The Morgan fingerprint density at radius 3 is 2.71 bits per heavy atom. The molecule has 0 bridgehead atoms. The molecule has 0 N–H and O–H groups in total. The molecule has 1 aliphatic rings. The molecule has 5 nitrogen and oxygen atoms in total. The van der Waals surface area contributed by atoms with Crippen molar-refractivity contribution in [3.63, 3.8) is 0 Å². The molecule has 1 aliphatic heterocycles. The van der Waals surface area contributed by atoms with E-state index in [1.807, 2.05) is 19.1 Å². The van der Waals surface area contributed by atoms with Crippen molar-refractivity contribution in [3.8, 4) is 5.75 Å². The van der Waals surface area contributed by atoms with Crippen LogP contribution in [0.15, 0.2) is 77.4 Å². The van der Waals surface area contributed by atoms with Gasteiger partial charge in [0.2, 0.25) is 5.90 Å². The molecule has 8 heteroatoms. The molecule has 0 spiro atoms. The molecule has 2 heterocycles. The van der Waals surface area contributed by atoms with E-state index >= 15 is 0 Å². The zero-order chi connectivity index (χ0) is 23.8. The van der Waals surface area contributed by atoms with Crippen LogP contribution in [0.3, 0.4) is 0 Å². The molecule has 0 saturated heterocycles. The fourth-order valence-corrected chi connectivity index (χ4v) is 5.17. The van der Waals surface area contributed by atoms with Crippen molar-refractivity contribution >= 4 is 68.5 Å². The summed E-state index contributed by atoms with van der Waals surface area (Å²) in [6.45, 7) is 1.90. The van der Waals surface area contributed by atoms with E-state index in [1.54, 1.807) is 54.6 Å². The van der Waals surface area contributed by atoms with Crippen LogP contribution in [-0.4, -0.2) is 17.8 Å². The molecule has 5 rings (SSSR count). The van der Waals surface area contributed by atoms with Crippen LogP contribution in [0.1, 0.15) is 26.4 Å². The SMILES string of the molecule is Cc1cccc(C(=O)Oc2ccccc2/C=C2/N=C(c3sc4cc(Cl)ccc4c3Cl)OC2=O)c1. The smallest absolute Gasteiger partial charge is 0.363 e. The van der Waals surface area contributed by atoms with Gasteiger partial charge < -0.3 is 9.47 Å². The maximum Gasteiger partial charge on any atom is 0.363 e. The fraction of sp³-hybridized carbons (Fsp3) is 0.0385. The third-order valence-corrected chi connectivity index (χ3v) is 6.95. The summed E-state index contributed by atoms with van der Waals surface area (Å²) in [4.78, 5) is 30.1. The zero-order valence-corrected chi connectivity index (χ0v) is 20.0. The Bertz CT molecular complexity index is 1540. The zero-order valence-electron chi connectivity index (χ0n) is 17.7. The van der Waals surface area contributed by atoms with Crippen molar-refractivity contribution in [2.24, 2.45) is 4.99 Å². The summed E-state index contributed by atoms with van der Waals surface area (Å²) in [5.74, 6) is -0.704. The molecular weight excluding hydrogens is 493 g/mol. The molecule has 4 aromatic rings. The molecule has 0 fully saturated rings. The standard InChI is InChI=1S/C26H15Cl2NO4S/c1-14-5-4-7-16(11-14)25(30)32-20-8-3-2-6-15(20)12-19-26(31)33-24(29-19)23-22(28)18-10-9-17(27)13-21(18)34-23/h2-13H,1H3/b19-12+. The molecule has 34 heavy (non-hydrogen) atoms. The molecule has 0 radical (unpaired) electrons. The Morgan fingerprint density at radius 1 is 1.06 bits per heavy atom. The number of thiophene rings is 1. The summed E-state index contributed by atoms with van der Waals surface area (Å²) in [6, 6.07) is 19.4. The number of hydrogen-bond donors (Lipinski definition) is 0. The number of para-hydroxylation sites is 1. The van der Waals surface area contributed by atoms with Gasteiger partial charge in [0.25, 0.3) is 0 Å². The van der Waals surface area contributed by atoms with Gasteiger partial charge in [-0.3, -0.25) is 0 Å². The Hall–Kier alpha value is -3.45. The predicted octanol–water partition coefficient (Wildman–Crippen LogP) is 7.08. The largest absolute Gasteiger partial charge is 0.422 e. The minimum Gasteiger partial charge on any atom is -0.422 e. The third-order valence-electron chi connectivity index (χ3n) is 5.07. The molecule has 0 saturated carbocycles. The van der Waals surface area contributed by atoms with Crippen molar-refractivity contribution in [2.45, 2.75) is 6.92 Å². The summed E-state index contributed by atoms with van der Waals surface area (Å²) >= 11 is 13.9. The summed E-state index contributed by atoms with van der Waals surface area (Å²) < 4.78 is 11.9. The maximum atomic E-state index is 12.6. The van der Waals surface area contributed by atoms with Gasteiger partial charge >= 0.3 is 11.9 Å². The highest BCUT2D eigenvalue weighted by Gasteiger charge is 2.28. The highest BCUT2D eigenvalue weighted by Crippen LogP contribution is 2.38. The quantitative estimate of drug-likeness (QED) is 0.168. The summed E-state index contributed by atoms with van der Waals surface area (Å²) in [5, 5.41) is 1.83. The van der Waals surface area contributed by atoms with Crippen molar-refractivity contribution in [3.05, 3.63) is 104 Å². The molecule has 168 valence electrons. The van der Waals surface area contributed by atoms with Crippen LogP contribution in [0.4, 0.5) is 0 Å². The Balaban J connectivity index is 1.47. The molecule has 3 aromatic carbocycles. The van der Waals surface area contributed by atoms with Gasteiger partial charge in [-0.25, -0.2) is 14.6 Å². The predicted molar refractivity (Wildman–Crippen MR) is 135 cm³/mol. The second-order valence-electron chi connectivity index (χ2n) is 7.52. The van der Waals surface area contributed by atoms with E-state index in [4.69, 9.17) is 32.7 Å². The summed E-state index contributed by atoms with van der Waals surface area (Å²) in [6.07, 6.45) is 1.52. The van der Waals surface area contributed by atoms with E-state index in [-0.39, 0.29) is 11.6 Å². The second kappa shape index (κ2) is 9.06. The van der Waals surface area contributed by atoms with Gasteiger partial charge in [0.15, 0.2) is 5.70 Å². The lowest BCUT2D eigenvalue weighted by Gasteiger charge is -2.08. The number of esters is 2. The molecule has 0 atom stereocenters. The van der Waals surface area contributed by atoms with E-state index in [2.05, 4.69) is 4.99 Å². The Labute approximate surface area is 208 Å².